The Labute approximate surface area is 165 Å². The monoisotopic (exact) mass is 363 g/mol. The van der Waals surface area contributed by atoms with Crippen molar-refractivity contribution in [3.63, 3.8) is 0 Å². The fourth-order valence-corrected chi connectivity index (χ4v) is 3.95. The van der Waals surface area contributed by atoms with Gasteiger partial charge in [-0.05, 0) is 68.8 Å². The fourth-order valence-electron chi connectivity index (χ4n) is 3.95. The van der Waals surface area contributed by atoms with E-state index in [4.69, 9.17) is 0 Å². The third-order valence-electron chi connectivity index (χ3n) is 6.09. The molecule has 0 radical (unpaired) electrons. The van der Waals surface area contributed by atoms with Crippen molar-refractivity contribution in [2.75, 3.05) is 7.05 Å². The van der Waals surface area contributed by atoms with E-state index < -0.39 is 0 Å². The second kappa shape index (κ2) is 8.56. The lowest BCUT2D eigenvalue weighted by Gasteiger charge is -2.14. The number of fused-ring (bicyclic) bond motifs is 2. The summed E-state index contributed by atoms with van der Waals surface area (Å²) in [5.41, 5.74) is 11.5. The second-order valence-corrected chi connectivity index (χ2v) is 7.25. The number of H-pyrrole nitrogens is 1. The summed E-state index contributed by atoms with van der Waals surface area (Å²) in [7, 11) is 2.19. The van der Waals surface area contributed by atoms with Crippen LogP contribution in [0.3, 0.4) is 0 Å². The predicted octanol–water partition coefficient (Wildman–Crippen LogP) is 6.97. The molecule has 0 fully saturated rings. The van der Waals surface area contributed by atoms with E-state index in [1.165, 1.54) is 44.6 Å². The molecule has 2 heterocycles. The third-order valence-corrected chi connectivity index (χ3v) is 6.09. The molecule has 144 valence electrons. The molecule has 0 aliphatic carbocycles. The van der Waals surface area contributed by atoms with Gasteiger partial charge in [0.05, 0.1) is 5.92 Å². The maximum atomic E-state index is 3.12. The highest BCUT2D eigenvalue weighted by Crippen LogP contribution is 2.41. The van der Waals surface area contributed by atoms with Gasteiger partial charge in [-0.2, -0.15) is 0 Å². The van der Waals surface area contributed by atoms with Gasteiger partial charge in [-0.1, -0.05) is 32.0 Å². The Bertz CT molecular complexity index is 943. The van der Waals surface area contributed by atoms with Gasteiger partial charge in [-0.25, -0.2) is 4.58 Å². The standard InChI is InChI=1S/C15H22N.C8H7N.C2H6/c1-8-9(2)11(4)15-14(10(8)3)12(5)13(6)16(15)7;1-2-4-8-7(3-1)5-6-9-8;1-2/h12H,1-7H3;1-6,9H;1-2H3/q+1;;. The minimum Gasteiger partial charge on any atom is -0.361 e. The number of benzene rings is 2. The van der Waals surface area contributed by atoms with Crippen molar-refractivity contribution in [2.24, 2.45) is 0 Å². The summed E-state index contributed by atoms with van der Waals surface area (Å²) in [4.78, 5) is 3.12. The molecular formula is C25H35N2+. The fraction of sp³-hybridized carbons (Fsp3) is 0.400. The van der Waals surface area contributed by atoms with Crippen LogP contribution < -0.4 is 0 Å². The predicted molar refractivity (Wildman–Crippen MR) is 120 cm³/mol. The number of aromatic amines is 1. The number of para-hydroxylation sites is 1. The van der Waals surface area contributed by atoms with Gasteiger partial charge < -0.3 is 4.98 Å². The number of aromatic nitrogens is 1. The van der Waals surface area contributed by atoms with E-state index >= 15 is 0 Å². The first kappa shape index (κ1) is 21.0. The van der Waals surface area contributed by atoms with E-state index in [9.17, 15) is 0 Å². The van der Waals surface area contributed by atoms with Crippen molar-refractivity contribution < 1.29 is 4.58 Å². The first-order valence-electron chi connectivity index (χ1n) is 10.0. The number of nitrogens with zero attached hydrogens (tertiary/aromatic N) is 1. The first-order valence-corrected chi connectivity index (χ1v) is 10.0. The van der Waals surface area contributed by atoms with Crippen LogP contribution in [0.25, 0.3) is 10.9 Å². The number of nitrogens with one attached hydrogen (secondary N) is 1. The van der Waals surface area contributed by atoms with Crippen molar-refractivity contribution >= 4 is 22.3 Å². The summed E-state index contributed by atoms with van der Waals surface area (Å²) < 4.78 is 2.37. The molecule has 1 aliphatic rings. The molecule has 0 bridgehead atoms. The molecular weight excluding hydrogens is 328 g/mol. The van der Waals surface area contributed by atoms with E-state index in [0.717, 1.165) is 0 Å². The number of hydrogen-bond acceptors (Lipinski definition) is 0. The Balaban J connectivity index is 0.000000200. The summed E-state index contributed by atoms with van der Waals surface area (Å²) in [5, 5.41) is 1.28. The van der Waals surface area contributed by atoms with Crippen LogP contribution in [0.5, 0.6) is 0 Å². The van der Waals surface area contributed by atoms with E-state index in [0.29, 0.717) is 5.92 Å². The van der Waals surface area contributed by atoms with Gasteiger partial charge in [0.1, 0.15) is 7.05 Å². The van der Waals surface area contributed by atoms with Gasteiger partial charge in [0.25, 0.3) is 0 Å². The van der Waals surface area contributed by atoms with Gasteiger partial charge >= 0.3 is 0 Å². The second-order valence-electron chi connectivity index (χ2n) is 7.25. The zero-order valence-electron chi connectivity index (χ0n) is 18.5. The van der Waals surface area contributed by atoms with Crippen molar-refractivity contribution in [2.45, 2.75) is 61.3 Å². The summed E-state index contributed by atoms with van der Waals surface area (Å²) in [5.74, 6) is 0.568. The van der Waals surface area contributed by atoms with Crippen LogP contribution >= 0.6 is 0 Å². The summed E-state index contributed by atoms with van der Waals surface area (Å²) in [6, 6.07) is 10.3. The summed E-state index contributed by atoms with van der Waals surface area (Å²) >= 11 is 0. The quantitative estimate of drug-likeness (QED) is 0.416. The van der Waals surface area contributed by atoms with Crippen LogP contribution in [-0.4, -0.2) is 22.3 Å². The molecule has 0 spiro atoms. The maximum absolute atomic E-state index is 3.12. The number of rotatable bonds is 0. The van der Waals surface area contributed by atoms with E-state index in [-0.39, 0.29) is 0 Å². The van der Waals surface area contributed by atoms with Gasteiger partial charge in [0.15, 0.2) is 5.71 Å². The molecule has 0 saturated carbocycles. The van der Waals surface area contributed by atoms with Crippen molar-refractivity contribution in [3.05, 3.63) is 64.3 Å². The molecule has 4 rings (SSSR count). The van der Waals surface area contributed by atoms with Crippen molar-refractivity contribution in [1.82, 2.24) is 4.98 Å². The Morgan fingerprint density at radius 3 is 2.04 bits per heavy atom. The lowest BCUT2D eigenvalue weighted by Crippen LogP contribution is -2.07. The van der Waals surface area contributed by atoms with E-state index in [1.807, 2.05) is 32.2 Å². The van der Waals surface area contributed by atoms with Gasteiger partial charge in [0, 0.05) is 29.8 Å². The third kappa shape index (κ3) is 3.71. The highest BCUT2D eigenvalue weighted by molar-refractivity contribution is 5.91. The lowest BCUT2D eigenvalue weighted by molar-refractivity contribution is -0.403. The zero-order valence-corrected chi connectivity index (χ0v) is 18.5. The molecule has 1 unspecified atom stereocenters. The van der Waals surface area contributed by atoms with E-state index in [2.05, 4.69) is 76.3 Å². The Morgan fingerprint density at radius 2 is 1.41 bits per heavy atom. The zero-order chi connectivity index (χ0) is 20.3. The molecule has 2 nitrogen and oxygen atoms in total. The largest absolute Gasteiger partial charge is 0.361 e. The Kier molecular flexibility index (Phi) is 6.64. The Hall–Kier alpha value is -2.35. The average molecular weight is 364 g/mol. The van der Waals surface area contributed by atoms with Gasteiger partial charge in [-0.3, -0.25) is 0 Å². The van der Waals surface area contributed by atoms with Crippen LogP contribution in [0.4, 0.5) is 5.69 Å². The molecule has 1 atom stereocenters. The average Bonchev–Trinajstić information content (AvgIpc) is 3.25. The highest BCUT2D eigenvalue weighted by Gasteiger charge is 2.35. The van der Waals surface area contributed by atoms with Gasteiger partial charge in [-0.15, -0.1) is 0 Å². The van der Waals surface area contributed by atoms with Crippen LogP contribution in [0, 0.1) is 27.7 Å². The topological polar surface area (TPSA) is 18.8 Å². The minimum absolute atomic E-state index is 0.568. The minimum atomic E-state index is 0.568. The van der Waals surface area contributed by atoms with Crippen LogP contribution in [0.1, 0.15) is 61.4 Å². The molecule has 1 aromatic heterocycles. The van der Waals surface area contributed by atoms with Crippen LogP contribution in [0.2, 0.25) is 0 Å². The molecule has 2 heteroatoms. The maximum Gasteiger partial charge on any atom is 0.212 e. The highest BCUT2D eigenvalue weighted by atomic mass is 15.0. The smallest absolute Gasteiger partial charge is 0.212 e. The summed E-state index contributed by atoms with van der Waals surface area (Å²) in [6.45, 7) is 17.6. The molecule has 3 aromatic rings. The van der Waals surface area contributed by atoms with Gasteiger partial charge in [0.2, 0.25) is 5.69 Å². The normalized spacial score (nSPS) is 15.1. The Morgan fingerprint density at radius 1 is 0.815 bits per heavy atom. The molecule has 0 saturated heterocycles. The lowest BCUT2D eigenvalue weighted by atomic mass is 9.87. The van der Waals surface area contributed by atoms with Crippen LogP contribution in [-0.2, 0) is 0 Å². The molecule has 2 aromatic carbocycles. The van der Waals surface area contributed by atoms with Crippen molar-refractivity contribution in [3.8, 4) is 0 Å². The van der Waals surface area contributed by atoms with E-state index in [1.54, 1.807) is 5.56 Å². The number of hydrogen-bond donors (Lipinski definition) is 1. The molecule has 0 amide bonds. The molecule has 1 aliphatic heterocycles. The first-order chi connectivity index (χ1) is 12.8. The van der Waals surface area contributed by atoms with Crippen LogP contribution in [0.15, 0.2) is 36.5 Å². The molecule has 27 heavy (non-hydrogen) atoms. The SMILES string of the molecule is CC.CC1=[N+](C)c2c(C)c(C)c(C)c(C)c2C1C.c1ccc2[nH]ccc2c1. The summed E-state index contributed by atoms with van der Waals surface area (Å²) in [6.07, 6.45) is 1.95. The van der Waals surface area contributed by atoms with Crippen molar-refractivity contribution in [1.29, 1.82) is 0 Å². The molecule has 1 N–H and O–H groups in total.